The van der Waals surface area contributed by atoms with Gasteiger partial charge in [-0.3, -0.25) is 4.90 Å². The van der Waals surface area contributed by atoms with E-state index < -0.39 is 0 Å². The number of fused-ring (bicyclic) bond motifs is 1. The Balaban J connectivity index is 1.53. The second kappa shape index (κ2) is 8.12. The Labute approximate surface area is 156 Å². The molecule has 2 aliphatic rings. The fraction of sp³-hybridized carbons (Fsp3) is 0.636. The lowest BCUT2D eigenvalue weighted by atomic mass is 9.88. The molecular formula is C22H32N2O2. The van der Waals surface area contributed by atoms with Gasteiger partial charge in [-0.25, -0.2) is 0 Å². The van der Waals surface area contributed by atoms with Gasteiger partial charge in [0.05, 0.1) is 12.7 Å². The maximum Gasteiger partial charge on any atom is 0.0589 e. The molecule has 1 aromatic heterocycles. The smallest absolute Gasteiger partial charge is 0.0589 e. The molecule has 0 radical (unpaired) electrons. The molecule has 2 aliphatic heterocycles. The van der Waals surface area contributed by atoms with Gasteiger partial charge < -0.3 is 14.5 Å². The molecule has 0 bridgehead atoms. The van der Waals surface area contributed by atoms with Crippen molar-refractivity contribution in [1.82, 2.24) is 9.88 Å². The Morgan fingerprint density at radius 3 is 3.08 bits per heavy atom. The molecule has 2 saturated heterocycles. The molecule has 4 nitrogen and oxygen atoms in total. The first-order chi connectivity index (χ1) is 12.7. The third-order valence-electron chi connectivity index (χ3n) is 6.29. The summed E-state index contributed by atoms with van der Waals surface area (Å²) in [7, 11) is 1.80. The first kappa shape index (κ1) is 18.0. The van der Waals surface area contributed by atoms with Crippen LogP contribution in [0, 0.1) is 0 Å². The number of benzene rings is 1. The summed E-state index contributed by atoms with van der Waals surface area (Å²) in [5.74, 6) is 0.635. The summed E-state index contributed by atoms with van der Waals surface area (Å²) in [6.45, 7) is 6.17. The molecule has 0 saturated carbocycles. The summed E-state index contributed by atoms with van der Waals surface area (Å²) in [6.07, 6.45) is 8.63. The molecule has 0 spiro atoms. The number of methoxy groups -OCH3 is 1. The molecule has 1 aromatic carbocycles. The van der Waals surface area contributed by atoms with Gasteiger partial charge in [0.1, 0.15) is 0 Å². The van der Waals surface area contributed by atoms with Crippen LogP contribution >= 0.6 is 0 Å². The highest BCUT2D eigenvalue weighted by molar-refractivity contribution is 5.84. The summed E-state index contributed by atoms with van der Waals surface area (Å²) in [5, 5.41) is 1.42. The number of nitrogens with zero attached hydrogens (tertiary/aromatic N) is 1. The highest BCUT2D eigenvalue weighted by Crippen LogP contribution is 2.33. The largest absolute Gasteiger partial charge is 0.383 e. The number of H-pyrrole nitrogens is 1. The summed E-state index contributed by atoms with van der Waals surface area (Å²) < 4.78 is 11.0. The molecule has 0 aliphatic carbocycles. The molecule has 1 N–H and O–H groups in total. The number of likely N-dealkylation sites (tertiary alicyclic amines) is 1. The maximum atomic E-state index is 5.74. The maximum absolute atomic E-state index is 5.74. The normalized spacial score (nSPS) is 27.4. The zero-order valence-corrected chi connectivity index (χ0v) is 16.2. The average Bonchev–Trinajstić information content (AvgIpc) is 3.27. The predicted molar refractivity (Wildman–Crippen MR) is 106 cm³/mol. The fourth-order valence-electron chi connectivity index (χ4n) is 4.80. The Morgan fingerprint density at radius 1 is 1.31 bits per heavy atom. The van der Waals surface area contributed by atoms with Crippen molar-refractivity contribution in [3.63, 3.8) is 0 Å². The minimum absolute atomic E-state index is 0.378. The van der Waals surface area contributed by atoms with E-state index in [4.69, 9.17) is 9.47 Å². The molecule has 2 fully saturated rings. The SMILES string of the molecule is COCCN1CCCC1Cc1c[nH]c2ccc(C3CCOC(C)C3)cc12. The van der Waals surface area contributed by atoms with Crippen molar-refractivity contribution in [2.24, 2.45) is 0 Å². The molecule has 26 heavy (non-hydrogen) atoms. The average molecular weight is 357 g/mol. The summed E-state index contributed by atoms with van der Waals surface area (Å²) in [4.78, 5) is 6.09. The van der Waals surface area contributed by atoms with Crippen molar-refractivity contribution in [3.8, 4) is 0 Å². The van der Waals surface area contributed by atoms with E-state index in [1.807, 2.05) is 0 Å². The van der Waals surface area contributed by atoms with Gasteiger partial charge in [-0.15, -0.1) is 0 Å². The first-order valence-corrected chi connectivity index (χ1v) is 10.2. The van der Waals surface area contributed by atoms with E-state index >= 15 is 0 Å². The van der Waals surface area contributed by atoms with Gasteiger partial charge in [0, 0.05) is 43.4 Å². The molecule has 4 rings (SSSR count). The van der Waals surface area contributed by atoms with Gasteiger partial charge >= 0.3 is 0 Å². The van der Waals surface area contributed by atoms with Gasteiger partial charge in [0.15, 0.2) is 0 Å². The lowest BCUT2D eigenvalue weighted by Crippen LogP contribution is -2.33. The monoisotopic (exact) mass is 356 g/mol. The van der Waals surface area contributed by atoms with Crippen LogP contribution in [0.3, 0.4) is 0 Å². The topological polar surface area (TPSA) is 37.5 Å². The summed E-state index contributed by atoms with van der Waals surface area (Å²) in [6, 6.07) is 7.67. The van der Waals surface area contributed by atoms with Gasteiger partial charge in [-0.1, -0.05) is 6.07 Å². The van der Waals surface area contributed by atoms with Crippen LogP contribution in [0.15, 0.2) is 24.4 Å². The van der Waals surface area contributed by atoms with E-state index in [2.05, 4.69) is 41.2 Å². The van der Waals surface area contributed by atoms with Gasteiger partial charge in [-0.05, 0) is 74.8 Å². The molecular weight excluding hydrogens is 324 g/mol. The molecule has 3 unspecified atom stereocenters. The van der Waals surface area contributed by atoms with Crippen LogP contribution in [0.5, 0.6) is 0 Å². The van der Waals surface area contributed by atoms with Crippen molar-refractivity contribution >= 4 is 10.9 Å². The van der Waals surface area contributed by atoms with Crippen LogP contribution in [-0.2, 0) is 15.9 Å². The number of aromatic amines is 1. The van der Waals surface area contributed by atoms with E-state index in [-0.39, 0.29) is 0 Å². The van der Waals surface area contributed by atoms with Crippen LogP contribution in [0.2, 0.25) is 0 Å². The van der Waals surface area contributed by atoms with E-state index in [1.54, 1.807) is 7.11 Å². The Kier molecular flexibility index (Phi) is 5.63. The molecule has 0 amide bonds. The van der Waals surface area contributed by atoms with Gasteiger partial charge in [0.2, 0.25) is 0 Å². The van der Waals surface area contributed by atoms with Crippen molar-refractivity contribution in [3.05, 3.63) is 35.5 Å². The van der Waals surface area contributed by atoms with Gasteiger partial charge in [-0.2, -0.15) is 0 Å². The number of ether oxygens (including phenoxy) is 2. The third-order valence-corrected chi connectivity index (χ3v) is 6.29. The van der Waals surface area contributed by atoms with Crippen LogP contribution in [0.25, 0.3) is 10.9 Å². The zero-order valence-electron chi connectivity index (χ0n) is 16.2. The second-order valence-electron chi connectivity index (χ2n) is 8.05. The number of aromatic nitrogens is 1. The number of hydrogen-bond acceptors (Lipinski definition) is 3. The second-order valence-corrected chi connectivity index (χ2v) is 8.05. The zero-order chi connectivity index (χ0) is 17.9. The number of rotatable bonds is 6. The summed E-state index contributed by atoms with van der Waals surface area (Å²) >= 11 is 0. The highest BCUT2D eigenvalue weighted by atomic mass is 16.5. The molecule has 3 heterocycles. The van der Waals surface area contributed by atoms with Gasteiger partial charge in [0.25, 0.3) is 0 Å². The molecule has 142 valence electrons. The predicted octanol–water partition coefficient (Wildman–Crippen LogP) is 4.10. The molecule has 4 heteroatoms. The van der Waals surface area contributed by atoms with Crippen molar-refractivity contribution in [1.29, 1.82) is 0 Å². The van der Waals surface area contributed by atoms with Crippen molar-refractivity contribution < 1.29 is 9.47 Å². The highest BCUT2D eigenvalue weighted by Gasteiger charge is 2.26. The first-order valence-electron chi connectivity index (χ1n) is 10.2. The van der Waals surface area contributed by atoms with E-state index in [9.17, 15) is 0 Å². The van der Waals surface area contributed by atoms with Crippen molar-refractivity contribution in [2.45, 2.75) is 57.1 Å². The van der Waals surface area contributed by atoms with Crippen LogP contribution in [0.4, 0.5) is 0 Å². The third kappa shape index (κ3) is 3.83. The van der Waals surface area contributed by atoms with E-state index in [0.717, 1.165) is 39.0 Å². The number of hydrogen-bond donors (Lipinski definition) is 1. The minimum Gasteiger partial charge on any atom is -0.383 e. The Morgan fingerprint density at radius 2 is 2.23 bits per heavy atom. The minimum atomic E-state index is 0.378. The Hall–Kier alpha value is -1.36. The molecule has 2 aromatic rings. The number of nitrogens with one attached hydrogen (secondary N) is 1. The van der Waals surface area contributed by atoms with Crippen LogP contribution in [0.1, 0.15) is 49.7 Å². The van der Waals surface area contributed by atoms with E-state index in [1.165, 1.54) is 41.4 Å². The van der Waals surface area contributed by atoms with Crippen LogP contribution in [-0.4, -0.2) is 55.4 Å². The van der Waals surface area contributed by atoms with E-state index in [0.29, 0.717) is 18.1 Å². The molecule has 3 atom stereocenters. The lowest BCUT2D eigenvalue weighted by molar-refractivity contribution is 0.0186. The van der Waals surface area contributed by atoms with Crippen molar-refractivity contribution in [2.75, 3.05) is 33.4 Å². The fourth-order valence-corrected chi connectivity index (χ4v) is 4.80. The quantitative estimate of drug-likeness (QED) is 0.846. The lowest BCUT2D eigenvalue weighted by Gasteiger charge is -2.27. The van der Waals surface area contributed by atoms with Crippen LogP contribution < -0.4 is 0 Å². The summed E-state index contributed by atoms with van der Waals surface area (Å²) in [5.41, 5.74) is 4.22. The Bertz CT molecular complexity index is 726. The standard InChI is InChI=1S/C22H32N2O2/c1-16-12-18(7-10-26-16)17-5-6-22-21(14-17)19(15-23-22)13-20-4-3-8-24(20)9-11-25-2/h5-6,14-16,18,20,23H,3-4,7-13H2,1-2H3.